The van der Waals surface area contributed by atoms with Crippen molar-refractivity contribution in [3.05, 3.63) is 57.2 Å². The number of hydrogen-bond donors (Lipinski definition) is 1. The molecule has 1 N–H and O–H groups in total. The first kappa shape index (κ1) is 15.6. The Morgan fingerprint density at radius 3 is 2.48 bits per heavy atom. The van der Waals surface area contributed by atoms with Gasteiger partial charge in [0.25, 0.3) is 5.91 Å². The Morgan fingerprint density at radius 1 is 1.24 bits per heavy atom. The Morgan fingerprint density at radius 2 is 1.90 bits per heavy atom. The maximum absolute atomic E-state index is 12.3. The summed E-state index contributed by atoms with van der Waals surface area (Å²) < 4.78 is 5.83. The molecule has 0 unspecified atom stereocenters. The maximum atomic E-state index is 12.3. The smallest absolute Gasteiger partial charge is 0.254 e. The Bertz CT molecular complexity index is 640. The molecule has 2 rings (SSSR count). The highest BCUT2D eigenvalue weighted by Gasteiger charge is 2.13. The molecule has 0 radical (unpaired) electrons. The van der Waals surface area contributed by atoms with E-state index in [1.807, 2.05) is 46.9 Å². The van der Waals surface area contributed by atoms with Gasteiger partial charge in [0.05, 0.1) is 10.7 Å². The summed E-state index contributed by atoms with van der Waals surface area (Å²) in [6, 6.07) is 12.5. The normalized spacial score (nSPS) is 10.2. The molecule has 0 saturated carbocycles. The zero-order valence-corrected chi connectivity index (χ0v) is 14.0. The van der Waals surface area contributed by atoms with E-state index in [2.05, 4.69) is 0 Å². The molecule has 0 aliphatic heterocycles. The van der Waals surface area contributed by atoms with Gasteiger partial charge in [0, 0.05) is 19.2 Å². The van der Waals surface area contributed by atoms with Gasteiger partial charge in [-0.1, -0.05) is 12.1 Å². The van der Waals surface area contributed by atoms with Crippen LogP contribution in [-0.4, -0.2) is 30.1 Å². The van der Waals surface area contributed by atoms with Gasteiger partial charge in [-0.2, -0.15) is 0 Å². The van der Waals surface area contributed by atoms with Crippen molar-refractivity contribution in [3.63, 3.8) is 0 Å². The Hall–Kier alpha value is -1.76. The van der Waals surface area contributed by atoms with E-state index in [4.69, 9.17) is 4.74 Å². The van der Waals surface area contributed by atoms with Crippen molar-refractivity contribution in [1.82, 2.24) is 4.90 Å². The van der Waals surface area contributed by atoms with Gasteiger partial charge in [-0.05, 0) is 58.5 Å². The van der Waals surface area contributed by atoms with Crippen molar-refractivity contribution in [2.45, 2.75) is 6.54 Å². The first-order chi connectivity index (χ1) is 10.0. The van der Waals surface area contributed by atoms with E-state index in [0.717, 1.165) is 14.9 Å². The summed E-state index contributed by atoms with van der Waals surface area (Å²) in [7, 11) is 3.36. The Kier molecular flexibility index (Phi) is 5.06. The van der Waals surface area contributed by atoms with Crippen LogP contribution in [0, 0.1) is 3.57 Å². The molecular formula is C16H16INO3. The number of phenols is 1. The van der Waals surface area contributed by atoms with Crippen LogP contribution in [0.5, 0.6) is 11.5 Å². The van der Waals surface area contributed by atoms with Crippen molar-refractivity contribution < 1.29 is 14.6 Å². The van der Waals surface area contributed by atoms with Crippen LogP contribution in [0.2, 0.25) is 0 Å². The van der Waals surface area contributed by atoms with Gasteiger partial charge < -0.3 is 14.7 Å². The molecule has 0 saturated heterocycles. The first-order valence-corrected chi connectivity index (χ1v) is 7.46. The molecule has 2 aromatic rings. The van der Waals surface area contributed by atoms with Crippen LogP contribution in [0.4, 0.5) is 0 Å². The number of amides is 1. The Labute approximate surface area is 137 Å². The molecule has 0 aromatic heterocycles. The molecule has 0 fully saturated rings. The quantitative estimate of drug-likeness (QED) is 0.806. The highest BCUT2D eigenvalue weighted by Crippen LogP contribution is 2.21. The second-order valence-electron chi connectivity index (χ2n) is 4.68. The summed E-state index contributed by atoms with van der Waals surface area (Å²) in [6.45, 7) is 0.496. The lowest BCUT2D eigenvalue weighted by molar-refractivity contribution is 0.0784. The molecule has 0 heterocycles. The van der Waals surface area contributed by atoms with Gasteiger partial charge in [0.2, 0.25) is 0 Å². The summed E-state index contributed by atoms with van der Waals surface area (Å²) in [5.74, 6) is 0.784. The largest absolute Gasteiger partial charge is 0.507 e. The summed E-state index contributed by atoms with van der Waals surface area (Å²) >= 11 is 2.02. The molecule has 0 spiro atoms. The van der Waals surface area contributed by atoms with E-state index in [-0.39, 0.29) is 11.7 Å². The third-order valence-electron chi connectivity index (χ3n) is 3.12. The molecule has 0 aliphatic rings. The van der Waals surface area contributed by atoms with Gasteiger partial charge in [0.1, 0.15) is 11.5 Å². The van der Waals surface area contributed by atoms with E-state index >= 15 is 0 Å². The second-order valence-corrected chi connectivity index (χ2v) is 5.84. The fourth-order valence-corrected chi connectivity index (χ4v) is 2.28. The number of phenolic OH excluding ortho intramolecular Hbond substituents is 1. The lowest BCUT2D eigenvalue weighted by atomic mass is 10.1. The fourth-order valence-electron chi connectivity index (χ4n) is 1.94. The van der Waals surface area contributed by atoms with Crippen molar-refractivity contribution in [1.29, 1.82) is 0 Å². The molecule has 4 nitrogen and oxygen atoms in total. The lowest BCUT2D eigenvalue weighted by Crippen LogP contribution is -2.26. The van der Waals surface area contributed by atoms with Gasteiger partial charge in [0.15, 0.2) is 0 Å². The predicted molar refractivity (Wildman–Crippen MR) is 89.6 cm³/mol. The van der Waals surface area contributed by atoms with E-state index in [1.54, 1.807) is 31.2 Å². The number of benzene rings is 2. The Balaban J connectivity index is 2.09. The minimum Gasteiger partial charge on any atom is -0.507 e. The molecule has 110 valence electrons. The van der Waals surface area contributed by atoms with Crippen LogP contribution in [0.3, 0.4) is 0 Å². The van der Waals surface area contributed by atoms with Gasteiger partial charge in [-0.25, -0.2) is 0 Å². The van der Waals surface area contributed by atoms with Crippen molar-refractivity contribution in [2.24, 2.45) is 0 Å². The number of nitrogens with zero attached hydrogens (tertiary/aromatic N) is 1. The van der Waals surface area contributed by atoms with Crippen LogP contribution in [0.15, 0.2) is 42.5 Å². The number of ether oxygens (including phenoxy) is 1. The van der Waals surface area contributed by atoms with Gasteiger partial charge >= 0.3 is 0 Å². The molecule has 0 bridgehead atoms. The number of halogens is 1. The number of aromatic hydroxyl groups is 1. The SMILES string of the molecule is COc1ccc(CN(C)C(=O)c2ccc(I)c(O)c2)cc1. The van der Waals surface area contributed by atoms with Crippen LogP contribution in [0.1, 0.15) is 15.9 Å². The molecule has 21 heavy (non-hydrogen) atoms. The molecular weight excluding hydrogens is 381 g/mol. The summed E-state index contributed by atoms with van der Waals surface area (Å²) in [4.78, 5) is 13.9. The molecule has 0 atom stereocenters. The maximum Gasteiger partial charge on any atom is 0.254 e. The number of carbonyl (C=O) groups excluding carboxylic acids is 1. The van der Waals surface area contributed by atoms with Crippen LogP contribution < -0.4 is 4.74 Å². The van der Waals surface area contributed by atoms with Crippen LogP contribution in [-0.2, 0) is 6.54 Å². The van der Waals surface area contributed by atoms with Crippen molar-refractivity contribution in [3.8, 4) is 11.5 Å². The van der Waals surface area contributed by atoms with E-state index in [1.165, 1.54) is 6.07 Å². The summed E-state index contributed by atoms with van der Waals surface area (Å²) in [5, 5.41) is 9.69. The number of rotatable bonds is 4. The topological polar surface area (TPSA) is 49.8 Å². The third kappa shape index (κ3) is 3.87. The molecule has 5 heteroatoms. The number of carbonyl (C=O) groups is 1. The third-order valence-corrected chi connectivity index (χ3v) is 4.03. The fraction of sp³-hybridized carbons (Fsp3) is 0.188. The number of methoxy groups -OCH3 is 1. The van der Waals surface area contributed by atoms with Crippen molar-refractivity contribution >= 4 is 28.5 Å². The predicted octanol–water partition coefficient (Wildman–Crippen LogP) is 3.28. The van der Waals surface area contributed by atoms with Crippen LogP contribution >= 0.6 is 22.6 Å². The summed E-state index contributed by atoms with van der Waals surface area (Å²) in [5.41, 5.74) is 1.49. The minimum atomic E-state index is -0.127. The van der Waals surface area contributed by atoms with E-state index < -0.39 is 0 Å². The zero-order chi connectivity index (χ0) is 15.4. The zero-order valence-electron chi connectivity index (χ0n) is 11.8. The van der Waals surface area contributed by atoms with Gasteiger partial charge in [-0.15, -0.1) is 0 Å². The number of hydrogen-bond acceptors (Lipinski definition) is 3. The second kappa shape index (κ2) is 6.80. The average Bonchev–Trinajstić information content (AvgIpc) is 2.50. The lowest BCUT2D eigenvalue weighted by Gasteiger charge is -2.18. The molecule has 2 aromatic carbocycles. The highest BCUT2D eigenvalue weighted by molar-refractivity contribution is 14.1. The van der Waals surface area contributed by atoms with Gasteiger partial charge in [-0.3, -0.25) is 4.79 Å². The highest BCUT2D eigenvalue weighted by atomic mass is 127. The standard InChI is InChI=1S/C16H16INO3/c1-18(10-11-3-6-13(21-2)7-4-11)16(20)12-5-8-14(17)15(19)9-12/h3-9,19H,10H2,1-2H3. The van der Waals surface area contributed by atoms with Crippen LogP contribution in [0.25, 0.3) is 0 Å². The minimum absolute atomic E-state index is 0.124. The molecule has 1 amide bonds. The summed E-state index contributed by atoms with van der Waals surface area (Å²) in [6.07, 6.45) is 0. The van der Waals surface area contributed by atoms with E-state index in [9.17, 15) is 9.90 Å². The van der Waals surface area contributed by atoms with E-state index in [0.29, 0.717) is 12.1 Å². The van der Waals surface area contributed by atoms with Crippen molar-refractivity contribution in [2.75, 3.05) is 14.2 Å². The first-order valence-electron chi connectivity index (χ1n) is 6.38. The monoisotopic (exact) mass is 397 g/mol. The molecule has 0 aliphatic carbocycles. The average molecular weight is 397 g/mol.